The van der Waals surface area contributed by atoms with Crippen LogP contribution in [0.3, 0.4) is 0 Å². The van der Waals surface area contributed by atoms with E-state index >= 15 is 0 Å². The second-order valence-corrected chi connectivity index (χ2v) is 5.08. The van der Waals surface area contributed by atoms with E-state index in [4.69, 9.17) is 10.5 Å². The standard InChI is InChI=1S/C13H26N2O2/c1-10-6-5-7-11(12(10)14)13(16)15-8-3-4-9-17-2/h10-12H,3-9,14H2,1-2H3,(H,15,16). The van der Waals surface area contributed by atoms with Crippen LogP contribution in [0.5, 0.6) is 0 Å². The third-order valence-electron chi connectivity index (χ3n) is 3.71. The molecule has 17 heavy (non-hydrogen) atoms. The average Bonchev–Trinajstić information content (AvgIpc) is 2.32. The van der Waals surface area contributed by atoms with Crippen LogP contribution in [0.1, 0.15) is 39.0 Å². The van der Waals surface area contributed by atoms with Gasteiger partial charge < -0.3 is 15.8 Å². The predicted molar refractivity (Wildman–Crippen MR) is 68.6 cm³/mol. The summed E-state index contributed by atoms with van der Waals surface area (Å²) >= 11 is 0. The molecule has 0 heterocycles. The number of hydrogen-bond acceptors (Lipinski definition) is 3. The van der Waals surface area contributed by atoms with Gasteiger partial charge in [-0.1, -0.05) is 13.3 Å². The van der Waals surface area contributed by atoms with Gasteiger partial charge in [-0.25, -0.2) is 0 Å². The molecule has 0 aromatic carbocycles. The maximum absolute atomic E-state index is 12.0. The molecule has 1 aliphatic rings. The molecule has 4 nitrogen and oxygen atoms in total. The largest absolute Gasteiger partial charge is 0.385 e. The minimum absolute atomic E-state index is 0.0150. The summed E-state index contributed by atoms with van der Waals surface area (Å²) in [6.07, 6.45) is 5.17. The Hall–Kier alpha value is -0.610. The van der Waals surface area contributed by atoms with Crippen molar-refractivity contribution in [1.82, 2.24) is 5.32 Å². The number of hydrogen-bond donors (Lipinski definition) is 2. The second-order valence-electron chi connectivity index (χ2n) is 5.08. The van der Waals surface area contributed by atoms with Crippen LogP contribution in [0.25, 0.3) is 0 Å². The normalized spacial score (nSPS) is 29.0. The fourth-order valence-electron chi connectivity index (χ4n) is 2.46. The molecule has 4 heteroatoms. The summed E-state index contributed by atoms with van der Waals surface area (Å²) in [6, 6.07) is 0.0303. The molecule has 0 aromatic heterocycles. The minimum atomic E-state index is 0.0150. The number of carbonyl (C=O) groups excluding carboxylic acids is 1. The SMILES string of the molecule is COCCCCNC(=O)C1CCCC(C)C1N. The first-order valence-electron chi connectivity index (χ1n) is 6.69. The fraction of sp³-hybridized carbons (Fsp3) is 0.923. The Kier molecular flexibility index (Phi) is 6.52. The van der Waals surface area contributed by atoms with Crippen LogP contribution < -0.4 is 11.1 Å². The molecule has 0 spiro atoms. The molecule has 0 radical (unpaired) electrons. The third kappa shape index (κ3) is 4.64. The number of nitrogens with two attached hydrogens (primary N) is 1. The van der Waals surface area contributed by atoms with Gasteiger partial charge in [0.15, 0.2) is 0 Å². The lowest BCUT2D eigenvalue weighted by molar-refractivity contribution is -0.127. The number of ether oxygens (including phenoxy) is 1. The summed E-state index contributed by atoms with van der Waals surface area (Å²) in [7, 11) is 1.70. The molecule has 1 aliphatic carbocycles. The van der Waals surface area contributed by atoms with Crippen molar-refractivity contribution < 1.29 is 9.53 Å². The lowest BCUT2D eigenvalue weighted by Gasteiger charge is -2.32. The van der Waals surface area contributed by atoms with Crippen LogP contribution in [-0.4, -0.2) is 32.2 Å². The molecule has 0 saturated heterocycles. The lowest BCUT2D eigenvalue weighted by Crippen LogP contribution is -2.47. The number of rotatable bonds is 6. The number of methoxy groups -OCH3 is 1. The fourth-order valence-corrected chi connectivity index (χ4v) is 2.46. The Morgan fingerprint density at radius 1 is 1.41 bits per heavy atom. The molecule has 0 aliphatic heterocycles. The van der Waals surface area contributed by atoms with Gasteiger partial charge in [-0.05, 0) is 31.6 Å². The monoisotopic (exact) mass is 242 g/mol. The van der Waals surface area contributed by atoms with E-state index in [1.165, 1.54) is 0 Å². The highest BCUT2D eigenvalue weighted by Gasteiger charge is 2.32. The highest BCUT2D eigenvalue weighted by molar-refractivity contribution is 5.79. The number of nitrogens with one attached hydrogen (secondary N) is 1. The lowest BCUT2D eigenvalue weighted by atomic mass is 9.78. The molecular formula is C13H26N2O2. The first-order valence-corrected chi connectivity index (χ1v) is 6.69. The van der Waals surface area contributed by atoms with Crippen LogP contribution in [0, 0.1) is 11.8 Å². The van der Waals surface area contributed by atoms with Gasteiger partial charge in [-0.15, -0.1) is 0 Å². The molecule has 1 saturated carbocycles. The molecule has 1 rings (SSSR count). The smallest absolute Gasteiger partial charge is 0.224 e. The first kappa shape index (κ1) is 14.5. The number of amides is 1. The number of carbonyl (C=O) groups is 1. The van der Waals surface area contributed by atoms with Crippen molar-refractivity contribution in [3.63, 3.8) is 0 Å². The van der Waals surface area contributed by atoms with Gasteiger partial charge in [0.2, 0.25) is 5.91 Å². The molecular weight excluding hydrogens is 216 g/mol. The van der Waals surface area contributed by atoms with Crippen molar-refractivity contribution in [3.8, 4) is 0 Å². The Morgan fingerprint density at radius 3 is 2.88 bits per heavy atom. The van der Waals surface area contributed by atoms with Crippen molar-refractivity contribution >= 4 is 5.91 Å². The summed E-state index contributed by atoms with van der Waals surface area (Å²) in [5.41, 5.74) is 6.09. The minimum Gasteiger partial charge on any atom is -0.385 e. The topological polar surface area (TPSA) is 64.3 Å². The molecule has 3 N–H and O–H groups in total. The maximum atomic E-state index is 12.0. The van der Waals surface area contributed by atoms with Gasteiger partial charge in [0.25, 0.3) is 0 Å². The summed E-state index contributed by atoms with van der Waals surface area (Å²) < 4.78 is 4.96. The Labute approximate surface area is 104 Å². The highest BCUT2D eigenvalue weighted by Crippen LogP contribution is 2.27. The van der Waals surface area contributed by atoms with Gasteiger partial charge in [-0.2, -0.15) is 0 Å². The van der Waals surface area contributed by atoms with Crippen molar-refractivity contribution in [2.75, 3.05) is 20.3 Å². The third-order valence-corrected chi connectivity index (χ3v) is 3.71. The summed E-state index contributed by atoms with van der Waals surface area (Å²) in [4.78, 5) is 12.0. The van der Waals surface area contributed by atoms with Crippen LogP contribution >= 0.6 is 0 Å². The zero-order valence-electron chi connectivity index (χ0n) is 11.1. The van der Waals surface area contributed by atoms with E-state index in [2.05, 4.69) is 12.2 Å². The molecule has 1 fully saturated rings. The van der Waals surface area contributed by atoms with Crippen LogP contribution in [0.2, 0.25) is 0 Å². The zero-order chi connectivity index (χ0) is 12.7. The number of unbranched alkanes of at least 4 members (excludes halogenated alkanes) is 1. The predicted octanol–water partition coefficient (Wildman–Crippen LogP) is 1.29. The van der Waals surface area contributed by atoms with Crippen molar-refractivity contribution in [2.24, 2.45) is 17.6 Å². The van der Waals surface area contributed by atoms with E-state index in [1.807, 2.05) is 0 Å². The van der Waals surface area contributed by atoms with E-state index in [9.17, 15) is 4.79 Å². The summed E-state index contributed by atoms with van der Waals surface area (Å²) in [6.45, 7) is 3.64. The summed E-state index contributed by atoms with van der Waals surface area (Å²) in [5, 5.41) is 2.99. The van der Waals surface area contributed by atoms with Crippen LogP contribution in [-0.2, 0) is 9.53 Å². The van der Waals surface area contributed by atoms with Crippen molar-refractivity contribution in [3.05, 3.63) is 0 Å². The Balaban J connectivity index is 2.22. The van der Waals surface area contributed by atoms with Gasteiger partial charge in [-0.3, -0.25) is 4.79 Å². The second kappa shape index (κ2) is 7.67. The Bertz CT molecular complexity index is 233. The van der Waals surface area contributed by atoms with Crippen molar-refractivity contribution in [1.29, 1.82) is 0 Å². The molecule has 100 valence electrons. The first-order chi connectivity index (χ1) is 8.16. The van der Waals surface area contributed by atoms with Crippen LogP contribution in [0.15, 0.2) is 0 Å². The molecule has 3 atom stereocenters. The molecule has 3 unspecified atom stereocenters. The highest BCUT2D eigenvalue weighted by atomic mass is 16.5. The van der Waals surface area contributed by atoms with E-state index in [0.717, 1.165) is 45.3 Å². The average molecular weight is 242 g/mol. The van der Waals surface area contributed by atoms with Gasteiger partial charge in [0.05, 0.1) is 5.92 Å². The van der Waals surface area contributed by atoms with E-state index in [-0.39, 0.29) is 17.9 Å². The quantitative estimate of drug-likeness (QED) is 0.690. The Morgan fingerprint density at radius 2 is 2.18 bits per heavy atom. The van der Waals surface area contributed by atoms with Gasteiger partial charge >= 0.3 is 0 Å². The van der Waals surface area contributed by atoms with Gasteiger partial charge in [0, 0.05) is 26.3 Å². The molecule has 0 bridgehead atoms. The maximum Gasteiger partial charge on any atom is 0.224 e. The van der Waals surface area contributed by atoms with E-state index in [0.29, 0.717) is 5.92 Å². The van der Waals surface area contributed by atoms with Crippen LogP contribution in [0.4, 0.5) is 0 Å². The molecule has 0 aromatic rings. The summed E-state index contributed by atoms with van der Waals surface area (Å²) in [5.74, 6) is 0.621. The zero-order valence-corrected chi connectivity index (χ0v) is 11.1. The van der Waals surface area contributed by atoms with E-state index < -0.39 is 0 Å². The molecule has 1 amide bonds. The van der Waals surface area contributed by atoms with Crippen molar-refractivity contribution in [2.45, 2.75) is 45.1 Å². The van der Waals surface area contributed by atoms with Gasteiger partial charge in [0.1, 0.15) is 0 Å². The van der Waals surface area contributed by atoms with E-state index in [1.54, 1.807) is 7.11 Å².